The van der Waals surface area contributed by atoms with Crippen molar-refractivity contribution in [3.63, 3.8) is 0 Å². The third-order valence-corrected chi connectivity index (χ3v) is 5.17. The summed E-state index contributed by atoms with van der Waals surface area (Å²) in [5.74, 6) is 0.281. The molecule has 1 aromatic heterocycles. The topological polar surface area (TPSA) is 32.3 Å². The Kier molecular flexibility index (Phi) is 2.75. The number of nitrogens with one attached hydrogen (secondary N) is 1. The third kappa shape index (κ3) is 1.79. The van der Waals surface area contributed by atoms with Gasteiger partial charge in [0.05, 0.1) is 5.54 Å². The summed E-state index contributed by atoms with van der Waals surface area (Å²) < 4.78 is 0. The molecular weight excluding hydrogens is 244 g/mol. The molecule has 1 aromatic rings. The Bertz CT molecular complexity index is 480. The lowest BCUT2D eigenvalue weighted by Crippen LogP contribution is -2.43. The molecule has 2 unspecified atom stereocenters. The molecule has 0 spiro atoms. The molecule has 1 aliphatic carbocycles. The van der Waals surface area contributed by atoms with Crippen LogP contribution in [0.2, 0.25) is 0 Å². The minimum atomic E-state index is -0.384. The van der Waals surface area contributed by atoms with Crippen LogP contribution >= 0.6 is 11.3 Å². The molecule has 0 radical (unpaired) electrons. The largest absolute Gasteiger partial charge is 0.317 e. The van der Waals surface area contributed by atoms with E-state index in [2.05, 4.69) is 36.2 Å². The van der Waals surface area contributed by atoms with E-state index in [4.69, 9.17) is 0 Å². The number of nitrogens with zero attached hydrogens (tertiary/aromatic N) is 1. The number of thiophene rings is 1. The quantitative estimate of drug-likeness (QED) is 0.910. The van der Waals surface area contributed by atoms with Gasteiger partial charge in [0, 0.05) is 15.8 Å². The monoisotopic (exact) mass is 264 g/mol. The highest BCUT2D eigenvalue weighted by Crippen LogP contribution is 2.42. The number of carbonyl (C=O) groups is 1. The van der Waals surface area contributed by atoms with Gasteiger partial charge in [0.1, 0.15) is 6.17 Å². The van der Waals surface area contributed by atoms with Gasteiger partial charge in [0.25, 0.3) is 0 Å². The summed E-state index contributed by atoms with van der Waals surface area (Å²) in [4.78, 5) is 17.3. The second-order valence-corrected chi connectivity index (χ2v) is 6.94. The Hall–Kier alpha value is -0.870. The van der Waals surface area contributed by atoms with Crippen LogP contribution in [0.15, 0.2) is 12.1 Å². The zero-order chi connectivity index (χ0) is 12.9. The van der Waals surface area contributed by atoms with Gasteiger partial charge < -0.3 is 4.90 Å². The van der Waals surface area contributed by atoms with Crippen molar-refractivity contribution in [3.05, 3.63) is 21.9 Å². The molecule has 4 heteroatoms. The van der Waals surface area contributed by atoms with E-state index < -0.39 is 0 Å². The highest BCUT2D eigenvalue weighted by Gasteiger charge is 2.52. The standard InChI is InChI=1S/C14H20N2OS/c1-4-14(3)13(17)16(10-6-7-10)12(15-14)11-8-5-9(2)18-11/h5,8,10,12,15H,4,6-7H2,1-3H3. The van der Waals surface area contributed by atoms with Crippen LogP contribution < -0.4 is 5.32 Å². The summed E-state index contributed by atoms with van der Waals surface area (Å²) in [5, 5.41) is 3.55. The van der Waals surface area contributed by atoms with Gasteiger partial charge in [-0.3, -0.25) is 10.1 Å². The Morgan fingerprint density at radius 1 is 1.50 bits per heavy atom. The lowest BCUT2D eigenvalue weighted by Gasteiger charge is -2.22. The van der Waals surface area contributed by atoms with Crippen molar-refractivity contribution in [1.82, 2.24) is 10.2 Å². The summed E-state index contributed by atoms with van der Waals surface area (Å²) >= 11 is 1.79. The van der Waals surface area contributed by atoms with Gasteiger partial charge in [0.15, 0.2) is 0 Å². The summed E-state index contributed by atoms with van der Waals surface area (Å²) in [5.41, 5.74) is -0.384. The number of hydrogen-bond donors (Lipinski definition) is 1. The average molecular weight is 264 g/mol. The van der Waals surface area contributed by atoms with Gasteiger partial charge in [-0.25, -0.2) is 0 Å². The van der Waals surface area contributed by atoms with E-state index in [1.54, 1.807) is 11.3 Å². The Labute approximate surface area is 112 Å². The smallest absolute Gasteiger partial charge is 0.244 e. The maximum atomic E-state index is 12.6. The summed E-state index contributed by atoms with van der Waals surface area (Å²) in [7, 11) is 0. The summed E-state index contributed by atoms with van der Waals surface area (Å²) in [6.45, 7) is 6.23. The minimum Gasteiger partial charge on any atom is -0.317 e. The fourth-order valence-corrected chi connectivity index (χ4v) is 3.55. The van der Waals surface area contributed by atoms with Crippen LogP contribution in [-0.2, 0) is 4.79 Å². The Morgan fingerprint density at radius 2 is 2.22 bits per heavy atom. The van der Waals surface area contributed by atoms with Crippen LogP contribution in [0.5, 0.6) is 0 Å². The normalized spacial score (nSPS) is 32.3. The summed E-state index contributed by atoms with van der Waals surface area (Å²) in [6, 6.07) is 4.76. The van der Waals surface area contributed by atoms with E-state index in [9.17, 15) is 4.79 Å². The number of rotatable bonds is 3. The van der Waals surface area contributed by atoms with Crippen molar-refractivity contribution in [3.8, 4) is 0 Å². The molecule has 2 fully saturated rings. The zero-order valence-electron chi connectivity index (χ0n) is 11.2. The third-order valence-electron chi connectivity index (χ3n) is 4.12. The molecule has 98 valence electrons. The Balaban J connectivity index is 1.95. The molecule has 1 saturated heterocycles. The molecule has 1 N–H and O–H groups in total. The lowest BCUT2D eigenvalue weighted by atomic mass is 9.99. The van der Waals surface area contributed by atoms with Gasteiger partial charge in [-0.2, -0.15) is 0 Å². The maximum Gasteiger partial charge on any atom is 0.244 e. The first-order chi connectivity index (χ1) is 8.55. The highest BCUT2D eigenvalue weighted by molar-refractivity contribution is 7.12. The van der Waals surface area contributed by atoms with Gasteiger partial charge in [-0.1, -0.05) is 6.92 Å². The van der Waals surface area contributed by atoms with Gasteiger partial charge in [-0.15, -0.1) is 11.3 Å². The van der Waals surface area contributed by atoms with E-state index in [-0.39, 0.29) is 17.6 Å². The van der Waals surface area contributed by atoms with E-state index in [0.717, 1.165) is 19.3 Å². The first-order valence-corrected chi connectivity index (χ1v) is 7.53. The summed E-state index contributed by atoms with van der Waals surface area (Å²) in [6.07, 6.45) is 3.26. The predicted molar refractivity (Wildman–Crippen MR) is 73.5 cm³/mol. The average Bonchev–Trinajstić information content (AvgIpc) is 3.03. The molecule has 3 nitrogen and oxygen atoms in total. The molecule has 1 saturated carbocycles. The predicted octanol–water partition coefficient (Wildman–Crippen LogP) is 2.82. The molecule has 2 heterocycles. The van der Waals surface area contributed by atoms with Crippen molar-refractivity contribution in [2.75, 3.05) is 0 Å². The second kappa shape index (κ2) is 4.07. The van der Waals surface area contributed by atoms with Crippen LogP contribution in [-0.4, -0.2) is 22.4 Å². The molecule has 1 aliphatic heterocycles. The van der Waals surface area contributed by atoms with E-state index in [1.807, 2.05) is 6.92 Å². The highest BCUT2D eigenvalue weighted by atomic mass is 32.1. The van der Waals surface area contributed by atoms with Crippen molar-refractivity contribution in [1.29, 1.82) is 0 Å². The number of carbonyl (C=O) groups excluding carboxylic acids is 1. The van der Waals surface area contributed by atoms with Crippen molar-refractivity contribution >= 4 is 17.2 Å². The van der Waals surface area contributed by atoms with Gasteiger partial charge in [-0.05, 0) is 45.2 Å². The molecule has 0 bridgehead atoms. The van der Waals surface area contributed by atoms with E-state index >= 15 is 0 Å². The molecule has 18 heavy (non-hydrogen) atoms. The zero-order valence-corrected chi connectivity index (χ0v) is 12.0. The van der Waals surface area contributed by atoms with Gasteiger partial charge >= 0.3 is 0 Å². The first kappa shape index (κ1) is 12.2. The van der Waals surface area contributed by atoms with Crippen LogP contribution in [0.1, 0.15) is 49.0 Å². The van der Waals surface area contributed by atoms with Crippen molar-refractivity contribution < 1.29 is 4.79 Å². The number of hydrogen-bond acceptors (Lipinski definition) is 3. The maximum absolute atomic E-state index is 12.6. The van der Waals surface area contributed by atoms with Gasteiger partial charge in [0.2, 0.25) is 5.91 Å². The second-order valence-electron chi connectivity index (χ2n) is 5.62. The van der Waals surface area contributed by atoms with Crippen molar-refractivity contribution in [2.45, 2.75) is 57.8 Å². The SMILES string of the molecule is CCC1(C)NC(c2ccc(C)s2)N(C2CC2)C1=O. The fourth-order valence-electron chi connectivity index (χ4n) is 2.63. The van der Waals surface area contributed by atoms with E-state index in [0.29, 0.717) is 6.04 Å². The number of amides is 1. The van der Waals surface area contributed by atoms with Crippen LogP contribution in [0, 0.1) is 6.92 Å². The van der Waals surface area contributed by atoms with Crippen LogP contribution in [0.3, 0.4) is 0 Å². The minimum absolute atomic E-state index is 0.0913. The van der Waals surface area contributed by atoms with Crippen molar-refractivity contribution in [2.24, 2.45) is 0 Å². The van der Waals surface area contributed by atoms with Crippen LogP contribution in [0.25, 0.3) is 0 Å². The van der Waals surface area contributed by atoms with E-state index in [1.165, 1.54) is 9.75 Å². The Morgan fingerprint density at radius 3 is 2.72 bits per heavy atom. The molecule has 2 atom stereocenters. The fraction of sp³-hybridized carbons (Fsp3) is 0.643. The van der Waals surface area contributed by atoms with Crippen LogP contribution in [0.4, 0.5) is 0 Å². The molecule has 0 aromatic carbocycles. The lowest BCUT2D eigenvalue weighted by molar-refractivity contribution is -0.133. The molecular formula is C14H20N2OS. The molecule has 2 aliphatic rings. The first-order valence-electron chi connectivity index (χ1n) is 6.72. The molecule has 1 amide bonds. The number of aryl methyl sites for hydroxylation is 1. The molecule has 3 rings (SSSR count).